The predicted molar refractivity (Wildman–Crippen MR) is 101 cm³/mol. The van der Waals surface area contributed by atoms with Crippen LogP contribution in [0.4, 0.5) is 0 Å². The van der Waals surface area contributed by atoms with Crippen molar-refractivity contribution in [1.82, 2.24) is 0 Å². The minimum absolute atomic E-state index is 0.239. The van der Waals surface area contributed by atoms with Gasteiger partial charge in [-0.05, 0) is 39.1 Å². The lowest BCUT2D eigenvalue weighted by Crippen LogP contribution is -2.48. The first-order chi connectivity index (χ1) is 11.4. The lowest BCUT2D eigenvalue weighted by Gasteiger charge is -2.33. The Labute approximate surface area is 149 Å². The molecular weight excluding hydrogens is 322 g/mol. The van der Waals surface area contributed by atoms with Gasteiger partial charge in [-0.1, -0.05) is 50.1 Å². The van der Waals surface area contributed by atoms with Crippen molar-refractivity contribution in [1.29, 1.82) is 0 Å². The summed E-state index contributed by atoms with van der Waals surface area (Å²) in [6.07, 6.45) is 10.8. The molecule has 0 saturated carbocycles. The van der Waals surface area contributed by atoms with Gasteiger partial charge >= 0.3 is 8.80 Å². The molecule has 0 aromatic heterocycles. The molecule has 0 rings (SSSR count). The smallest absolute Gasteiger partial charge is 0.377 e. The molecule has 0 N–H and O–H groups in total. The number of nitrogens with zero attached hydrogens (tertiary/aromatic N) is 3. The minimum Gasteiger partial charge on any atom is -0.377 e. The molecule has 0 aliphatic heterocycles. The number of hydrogen-bond donors (Lipinski definition) is 0. The van der Waals surface area contributed by atoms with E-state index in [1.807, 2.05) is 20.8 Å². The number of hydrogen-bond acceptors (Lipinski definition) is 4. The molecule has 24 heavy (non-hydrogen) atoms. The Morgan fingerprint density at radius 2 is 1.29 bits per heavy atom. The van der Waals surface area contributed by atoms with Crippen molar-refractivity contribution in [3.8, 4) is 0 Å². The topological polar surface area (TPSA) is 76.5 Å². The van der Waals surface area contributed by atoms with Crippen molar-refractivity contribution < 1.29 is 13.3 Å². The Balaban J connectivity index is 3.67. The molecule has 142 valence electrons. The van der Waals surface area contributed by atoms with E-state index >= 15 is 0 Å². The van der Waals surface area contributed by atoms with Crippen LogP contribution in [0.15, 0.2) is 5.11 Å². The Morgan fingerprint density at radius 3 is 1.71 bits per heavy atom. The average molecular weight is 360 g/mol. The summed E-state index contributed by atoms with van der Waals surface area (Å²) >= 11 is 0. The van der Waals surface area contributed by atoms with E-state index < -0.39 is 8.80 Å². The molecule has 7 heteroatoms. The monoisotopic (exact) mass is 359 g/mol. The summed E-state index contributed by atoms with van der Waals surface area (Å²) in [4.78, 5) is 2.76. The molecule has 0 amide bonds. The maximum absolute atomic E-state index is 8.18. The fourth-order valence-corrected chi connectivity index (χ4v) is 5.15. The highest BCUT2D eigenvalue weighted by molar-refractivity contribution is 6.60. The highest BCUT2D eigenvalue weighted by Gasteiger charge is 2.41. The van der Waals surface area contributed by atoms with Gasteiger partial charge in [0, 0.05) is 31.7 Å². The third-order valence-corrected chi connectivity index (χ3v) is 7.02. The summed E-state index contributed by atoms with van der Waals surface area (Å²) in [6, 6.07) is 0.886. The van der Waals surface area contributed by atoms with Crippen molar-refractivity contribution in [3.63, 3.8) is 0 Å². The summed E-state index contributed by atoms with van der Waals surface area (Å²) in [6.45, 7) is 6.76. The molecule has 0 radical (unpaired) electrons. The fourth-order valence-electron chi connectivity index (χ4n) is 2.69. The second kappa shape index (κ2) is 13.7. The first-order valence-electron chi connectivity index (χ1n) is 9.20. The second-order valence-corrected chi connectivity index (χ2v) is 10.1. The van der Waals surface area contributed by atoms with Crippen molar-refractivity contribution in [2.45, 2.75) is 90.2 Å². The van der Waals surface area contributed by atoms with E-state index in [0.717, 1.165) is 18.9 Å². The zero-order valence-electron chi connectivity index (χ0n) is 16.3. The van der Waals surface area contributed by atoms with E-state index in [1.54, 1.807) is 14.2 Å². The second-order valence-electron chi connectivity index (χ2n) is 7.19. The lowest BCUT2D eigenvalue weighted by atomic mass is 10.1. The number of rotatable bonds is 15. The largest absolute Gasteiger partial charge is 0.500 e. The van der Waals surface area contributed by atoms with Crippen LogP contribution in [0.1, 0.15) is 78.6 Å². The molecule has 0 heterocycles. The molecule has 0 spiro atoms. The van der Waals surface area contributed by atoms with Crippen LogP contribution in [0.2, 0.25) is 6.04 Å². The Bertz CT molecular complexity index is 351. The Morgan fingerprint density at radius 1 is 0.833 bits per heavy atom. The normalized spacial score (nSPS) is 12.2. The molecule has 0 aromatic carbocycles. The average Bonchev–Trinajstić information content (AvgIpc) is 2.53. The number of azide groups is 1. The molecule has 0 atom stereocenters. The van der Waals surface area contributed by atoms with Gasteiger partial charge in [0.05, 0.1) is 5.60 Å². The van der Waals surface area contributed by atoms with Crippen molar-refractivity contribution in [3.05, 3.63) is 10.4 Å². The van der Waals surface area contributed by atoms with E-state index in [1.165, 1.54) is 44.9 Å². The van der Waals surface area contributed by atoms with Crippen LogP contribution >= 0.6 is 0 Å². The summed E-state index contributed by atoms with van der Waals surface area (Å²) in [5.74, 6) is 0. The summed E-state index contributed by atoms with van der Waals surface area (Å²) < 4.78 is 17.3. The van der Waals surface area contributed by atoms with Gasteiger partial charge < -0.3 is 13.3 Å². The van der Waals surface area contributed by atoms with Crippen LogP contribution in [0.5, 0.6) is 0 Å². The standard InChI is InChI=1S/C17H37N3O3Si/c1-17(2,3)23-24(21-4,22-5)16-14-12-10-8-6-7-9-11-13-15-19-20-18/h6-16H2,1-5H3. The minimum atomic E-state index is -2.51. The maximum Gasteiger partial charge on any atom is 0.500 e. The van der Waals surface area contributed by atoms with Crippen LogP contribution < -0.4 is 0 Å². The van der Waals surface area contributed by atoms with Crippen molar-refractivity contribution >= 4 is 8.80 Å². The SMILES string of the molecule is CO[Si](CCCCCCCCCCCN=[N+]=[N-])(OC)OC(C)(C)C. The summed E-state index contributed by atoms with van der Waals surface area (Å²) in [5.41, 5.74) is 7.95. The molecule has 0 aliphatic carbocycles. The van der Waals surface area contributed by atoms with E-state index in [4.69, 9.17) is 18.8 Å². The van der Waals surface area contributed by atoms with Crippen LogP contribution in [0.3, 0.4) is 0 Å². The third-order valence-electron chi connectivity index (χ3n) is 3.89. The van der Waals surface area contributed by atoms with E-state index in [-0.39, 0.29) is 5.60 Å². The van der Waals surface area contributed by atoms with Crippen molar-refractivity contribution in [2.24, 2.45) is 5.11 Å². The third kappa shape index (κ3) is 12.8. The van der Waals surface area contributed by atoms with Gasteiger partial charge in [-0.15, -0.1) is 0 Å². The fraction of sp³-hybridized carbons (Fsp3) is 1.00. The van der Waals surface area contributed by atoms with Crippen LogP contribution in [0.25, 0.3) is 10.4 Å². The molecule has 0 saturated heterocycles. The van der Waals surface area contributed by atoms with E-state index in [2.05, 4.69) is 10.0 Å². The molecule has 0 bridgehead atoms. The maximum atomic E-state index is 8.18. The van der Waals surface area contributed by atoms with Gasteiger partial charge in [0.15, 0.2) is 0 Å². The lowest BCUT2D eigenvalue weighted by molar-refractivity contribution is 0.0161. The highest BCUT2D eigenvalue weighted by Crippen LogP contribution is 2.24. The highest BCUT2D eigenvalue weighted by atomic mass is 28.4. The molecule has 0 unspecified atom stereocenters. The molecule has 6 nitrogen and oxygen atoms in total. The molecule has 0 fully saturated rings. The predicted octanol–water partition coefficient (Wildman–Crippen LogP) is 5.85. The molecule has 0 aliphatic rings. The van der Waals surface area contributed by atoms with Gasteiger partial charge in [-0.2, -0.15) is 0 Å². The molecule has 0 aromatic rings. The van der Waals surface area contributed by atoms with Gasteiger partial charge in [0.2, 0.25) is 0 Å². The van der Waals surface area contributed by atoms with Crippen LogP contribution in [0, 0.1) is 0 Å². The first kappa shape index (κ1) is 23.4. The van der Waals surface area contributed by atoms with E-state index in [9.17, 15) is 0 Å². The summed E-state index contributed by atoms with van der Waals surface area (Å²) in [5, 5.41) is 3.55. The zero-order valence-corrected chi connectivity index (χ0v) is 17.3. The zero-order chi connectivity index (χ0) is 18.3. The number of unbranched alkanes of at least 4 members (excludes halogenated alkanes) is 8. The van der Waals surface area contributed by atoms with Gasteiger partial charge in [0.1, 0.15) is 0 Å². The summed E-state index contributed by atoms with van der Waals surface area (Å²) in [7, 11) is 0.885. The molecular formula is C17H37N3O3Si. The van der Waals surface area contributed by atoms with Crippen LogP contribution in [-0.2, 0) is 13.3 Å². The Kier molecular flexibility index (Phi) is 13.3. The van der Waals surface area contributed by atoms with Crippen molar-refractivity contribution in [2.75, 3.05) is 20.8 Å². The van der Waals surface area contributed by atoms with E-state index in [0.29, 0.717) is 6.54 Å². The Hall–Kier alpha value is -0.593. The van der Waals surface area contributed by atoms with Gasteiger partial charge in [-0.25, -0.2) is 0 Å². The van der Waals surface area contributed by atoms with Gasteiger partial charge in [-0.3, -0.25) is 0 Å². The first-order valence-corrected chi connectivity index (χ1v) is 11.1. The van der Waals surface area contributed by atoms with Gasteiger partial charge in [0.25, 0.3) is 0 Å². The quantitative estimate of drug-likeness (QED) is 0.121. The van der Waals surface area contributed by atoms with Crippen LogP contribution in [-0.4, -0.2) is 35.2 Å².